The molecule has 0 saturated heterocycles. The fourth-order valence-corrected chi connectivity index (χ4v) is 2.03. The molecule has 2 aromatic carbocycles. The molecule has 0 unspecified atom stereocenters. The average Bonchev–Trinajstić information content (AvgIpc) is 2.56. The molecule has 0 aliphatic carbocycles. The third kappa shape index (κ3) is 5.23. The summed E-state index contributed by atoms with van der Waals surface area (Å²) in [6.07, 6.45) is 0.410. The minimum Gasteiger partial charge on any atom is -0.425 e. The number of ether oxygens (including phenoxy) is 1. The minimum atomic E-state index is -0.774. The van der Waals surface area contributed by atoms with Crippen LogP contribution in [0.4, 0.5) is 0 Å². The zero-order chi connectivity index (χ0) is 16.7. The monoisotopic (exact) mass is 312 g/mol. The summed E-state index contributed by atoms with van der Waals surface area (Å²) >= 11 is 0. The molecule has 0 fully saturated rings. The maximum absolute atomic E-state index is 12.1. The van der Waals surface area contributed by atoms with E-state index in [1.165, 1.54) is 0 Å². The molecule has 0 aromatic heterocycles. The zero-order valence-electron chi connectivity index (χ0n) is 12.9. The van der Waals surface area contributed by atoms with Gasteiger partial charge in [0.1, 0.15) is 11.8 Å². The molecule has 5 heteroatoms. The van der Waals surface area contributed by atoms with Gasteiger partial charge in [-0.1, -0.05) is 48.5 Å². The quantitative estimate of drug-likeness (QED) is 0.628. The molecule has 1 amide bonds. The smallest absolute Gasteiger partial charge is 0.333 e. The fraction of sp³-hybridized carbons (Fsp3) is 0.222. The van der Waals surface area contributed by atoms with Crippen LogP contribution in [0, 0.1) is 0 Å². The Morgan fingerprint density at radius 1 is 1.04 bits per heavy atom. The first-order valence-electron chi connectivity index (χ1n) is 7.43. The van der Waals surface area contributed by atoms with Crippen molar-refractivity contribution in [1.82, 2.24) is 5.32 Å². The number of para-hydroxylation sites is 1. The number of carbonyl (C=O) groups excluding carboxylic acids is 2. The molecule has 120 valence electrons. The summed E-state index contributed by atoms with van der Waals surface area (Å²) in [6, 6.07) is 16.7. The summed E-state index contributed by atoms with van der Waals surface area (Å²) in [5.41, 5.74) is 6.85. The van der Waals surface area contributed by atoms with Crippen LogP contribution < -0.4 is 15.8 Å². The lowest BCUT2D eigenvalue weighted by Gasteiger charge is -2.16. The Bertz CT molecular complexity index is 644. The molecule has 0 radical (unpaired) electrons. The largest absolute Gasteiger partial charge is 0.425 e. The van der Waals surface area contributed by atoms with Crippen LogP contribution in [-0.2, 0) is 16.0 Å². The predicted octanol–water partition coefficient (Wildman–Crippen LogP) is 1.67. The molecule has 0 heterocycles. The van der Waals surface area contributed by atoms with E-state index >= 15 is 0 Å². The third-order valence-electron chi connectivity index (χ3n) is 3.31. The Hall–Kier alpha value is -2.66. The van der Waals surface area contributed by atoms with E-state index < -0.39 is 18.1 Å². The van der Waals surface area contributed by atoms with E-state index in [1.807, 2.05) is 36.4 Å². The molecule has 3 N–H and O–H groups in total. The van der Waals surface area contributed by atoms with Crippen LogP contribution in [0.15, 0.2) is 60.7 Å². The van der Waals surface area contributed by atoms with Gasteiger partial charge < -0.3 is 15.8 Å². The van der Waals surface area contributed by atoms with Crippen molar-refractivity contribution >= 4 is 11.9 Å². The first-order valence-corrected chi connectivity index (χ1v) is 7.43. The van der Waals surface area contributed by atoms with Crippen LogP contribution in [0.3, 0.4) is 0 Å². The van der Waals surface area contributed by atoms with Gasteiger partial charge in [0.15, 0.2) is 0 Å². The highest BCUT2D eigenvalue weighted by atomic mass is 16.5. The molecule has 23 heavy (non-hydrogen) atoms. The highest BCUT2D eigenvalue weighted by Gasteiger charge is 2.21. The van der Waals surface area contributed by atoms with Gasteiger partial charge in [-0.25, -0.2) is 4.79 Å². The lowest BCUT2D eigenvalue weighted by atomic mass is 10.1. The Kier molecular flexibility index (Phi) is 5.88. The molecule has 0 aliphatic heterocycles. The van der Waals surface area contributed by atoms with Gasteiger partial charge in [0.05, 0.1) is 6.04 Å². The molecular formula is C18H20N2O3. The summed E-state index contributed by atoms with van der Waals surface area (Å²) in [5, 5.41) is 2.58. The van der Waals surface area contributed by atoms with E-state index in [2.05, 4.69) is 5.32 Å². The second kappa shape index (κ2) is 8.10. The number of esters is 1. The summed E-state index contributed by atoms with van der Waals surface area (Å²) in [4.78, 5) is 24.0. The van der Waals surface area contributed by atoms with Crippen LogP contribution in [0.1, 0.15) is 12.5 Å². The summed E-state index contributed by atoms with van der Waals surface area (Å²) in [5.74, 6) is -0.477. The number of nitrogens with one attached hydrogen (secondary N) is 1. The van der Waals surface area contributed by atoms with Gasteiger partial charge in [-0.3, -0.25) is 4.79 Å². The molecule has 0 bridgehead atoms. The van der Waals surface area contributed by atoms with Crippen LogP contribution in [0.5, 0.6) is 5.75 Å². The minimum absolute atomic E-state index is 0.383. The predicted molar refractivity (Wildman–Crippen MR) is 87.8 cm³/mol. The van der Waals surface area contributed by atoms with Crippen LogP contribution in [0.25, 0.3) is 0 Å². The standard InChI is InChI=1S/C18H20N2O3/c1-13(18(22)23-15-10-6-3-7-11-15)20-17(21)16(19)12-14-8-4-2-5-9-14/h2-11,13,16H,12,19H2,1H3,(H,20,21)/t13-,16-/m0/s1. The maximum Gasteiger partial charge on any atom is 0.333 e. The Balaban J connectivity index is 1.85. The van der Waals surface area contributed by atoms with E-state index in [0.717, 1.165) is 5.56 Å². The molecule has 0 saturated carbocycles. The first kappa shape index (κ1) is 16.7. The second-order valence-corrected chi connectivity index (χ2v) is 5.26. The van der Waals surface area contributed by atoms with Crippen molar-refractivity contribution in [2.24, 2.45) is 5.73 Å². The topological polar surface area (TPSA) is 81.4 Å². The molecule has 0 spiro atoms. The number of benzene rings is 2. The number of rotatable bonds is 6. The number of nitrogens with two attached hydrogens (primary N) is 1. The summed E-state index contributed by atoms with van der Waals surface area (Å²) in [6.45, 7) is 1.57. The number of amides is 1. The maximum atomic E-state index is 12.1. The first-order chi connectivity index (χ1) is 11.1. The van der Waals surface area contributed by atoms with Crippen molar-refractivity contribution in [3.63, 3.8) is 0 Å². The van der Waals surface area contributed by atoms with Crippen molar-refractivity contribution in [2.75, 3.05) is 0 Å². The normalized spacial score (nSPS) is 13.0. The Labute approximate surface area is 135 Å². The SMILES string of the molecule is C[C@H](NC(=O)[C@@H](N)Cc1ccccc1)C(=O)Oc1ccccc1. The molecule has 2 aromatic rings. The number of hydrogen-bond donors (Lipinski definition) is 2. The van der Waals surface area contributed by atoms with Gasteiger partial charge in [0.25, 0.3) is 0 Å². The van der Waals surface area contributed by atoms with E-state index in [9.17, 15) is 9.59 Å². The number of carbonyl (C=O) groups is 2. The molecular weight excluding hydrogens is 292 g/mol. The number of hydrogen-bond acceptors (Lipinski definition) is 4. The van der Waals surface area contributed by atoms with Crippen LogP contribution in [0.2, 0.25) is 0 Å². The lowest BCUT2D eigenvalue weighted by Crippen LogP contribution is -2.49. The van der Waals surface area contributed by atoms with Crippen molar-refractivity contribution in [1.29, 1.82) is 0 Å². The molecule has 2 rings (SSSR count). The van der Waals surface area contributed by atoms with Crippen molar-refractivity contribution in [2.45, 2.75) is 25.4 Å². The van der Waals surface area contributed by atoms with Gasteiger partial charge in [0.2, 0.25) is 5.91 Å². The van der Waals surface area contributed by atoms with E-state index in [0.29, 0.717) is 12.2 Å². The van der Waals surface area contributed by atoms with E-state index in [4.69, 9.17) is 10.5 Å². The van der Waals surface area contributed by atoms with Gasteiger partial charge in [-0.2, -0.15) is 0 Å². The second-order valence-electron chi connectivity index (χ2n) is 5.26. The molecule has 2 atom stereocenters. The van der Waals surface area contributed by atoms with Crippen molar-refractivity contribution < 1.29 is 14.3 Å². The Morgan fingerprint density at radius 3 is 2.22 bits per heavy atom. The van der Waals surface area contributed by atoms with Gasteiger partial charge in [0, 0.05) is 0 Å². The van der Waals surface area contributed by atoms with Gasteiger partial charge in [-0.15, -0.1) is 0 Å². The summed E-state index contributed by atoms with van der Waals surface area (Å²) in [7, 11) is 0. The van der Waals surface area contributed by atoms with Crippen LogP contribution in [-0.4, -0.2) is 24.0 Å². The van der Waals surface area contributed by atoms with Crippen LogP contribution >= 0.6 is 0 Å². The zero-order valence-corrected chi connectivity index (χ0v) is 12.9. The fourth-order valence-electron chi connectivity index (χ4n) is 2.03. The van der Waals surface area contributed by atoms with E-state index in [1.54, 1.807) is 31.2 Å². The Morgan fingerprint density at radius 2 is 1.61 bits per heavy atom. The van der Waals surface area contributed by atoms with Gasteiger partial charge in [-0.05, 0) is 31.0 Å². The van der Waals surface area contributed by atoms with Crippen molar-refractivity contribution in [3.8, 4) is 5.75 Å². The van der Waals surface area contributed by atoms with Gasteiger partial charge >= 0.3 is 5.97 Å². The average molecular weight is 312 g/mol. The highest BCUT2D eigenvalue weighted by Crippen LogP contribution is 2.09. The molecule has 5 nitrogen and oxygen atoms in total. The van der Waals surface area contributed by atoms with Crippen molar-refractivity contribution in [3.05, 3.63) is 66.2 Å². The third-order valence-corrected chi connectivity index (χ3v) is 3.31. The molecule has 0 aliphatic rings. The lowest BCUT2D eigenvalue weighted by molar-refractivity contribution is -0.139. The summed E-state index contributed by atoms with van der Waals surface area (Å²) < 4.78 is 5.18. The highest BCUT2D eigenvalue weighted by molar-refractivity contribution is 5.88. The van der Waals surface area contributed by atoms with E-state index in [-0.39, 0.29) is 5.91 Å².